The summed E-state index contributed by atoms with van der Waals surface area (Å²) in [6.45, 7) is 0. The van der Waals surface area contributed by atoms with Crippen LogP contribution in [0.3, 0.4) is 0 Å². The van der Waals surface area contributed by atoms with Gasteiger partial charge in [-0.25, -0.2) is 0 Å². The first-order valence-electron chi connectivity index (χ1n) is 4.88. The number of hydrogen-bond acceptors (Lipinski definition) is 1. The van der Waals surface area contributed by atoms with Crippen LogP contribution in [-0.4, -0.2) is 22.8 Å². The van der Waals surface area contributed by atoms with Gasteiger partial charge in [-0.1, -0.05) is 0 Å². The highest BCUT2D eigenvalue weighted by Crippen LogP contribution is 2.61. The zero-order chi connectivity index (χ0) is 11.5. The monoisotopic (exact) mass is 230 g/mol. The Kier molecular flexibility index (Phi) is 2.10. The minimum Gasteiger partial charge on any atom is -0.383 e. The molecule has 0 atom stereocenters. The van der Waals surface area contributed by atoms with Crippen molar-refractivity contribution in [1.29, 1.82) is 0 Å². The van der Waals surface area contributed by atoms with Gasteiger partial charge >= 0.3 is 12.1 Å². The molecule has 0 spiro atoms. The van der Waals surface area contributed by atoms with Gasteiger partial charge < -0.3 is 5.11 Å². The molecule has 0 aromatic heterocycles. The summed E-state index contributed by atoms with van der Waals surface area (Å²) >= 11 is 0. The molecule has 2 rings (SSSR count). The Morgan fingerprint density at radius 2 is 1.20 bits per heavy atom. The van der Waals surface area contributed by atoms with Crippen LogP contribution in [0.2, 0.25) is 0 Å². The van der Waals surface area contributed by atoms with Gasteiger partial charge in [-0.2, -0.15) is 22.0 Å². The number of aliphatic hydroxyl groups is 1. The average Bonchev–Trinajstić information content (AvgIpc) is 2.59. The third-order valence-electron chi connectivity index (χ3n) is 3.83. The van der Waals surface area contributed by atoms with Gasteiger partial charge in [0.1, 0.15) is 5.60 Å². The fourth-order valence-electron chi connectivity index (χ4n) is 3.05. The average molecular weight is 230 g/mol. The second kappa shape index (κ2) is 2.84. The summed E-state index contributed by atoms with van der Waals surface area (Å²) in [7, 11) is 0. The molecule has 0 heterocycles. The molecule has 2 fully saturated rings. The fraction of sp³-hybridized carbons (Fsp3) is 1.00. The third-order valence-corrected chi connectivity index (χ3v) is 3.83. The molecule has 0 aromatic carbocycles. The summed E-state index contributed by atoms with van der Waals surface area (Å²) in [4.78, 5) is 0. The quantitative estimate of drug-likeness (QED) is 0.687. The number of alkyl halides is 5. The maximum absolute atomic E-state index is 13.2. The summed E-state index contributed by atoms with van der Waals surface area (Å²) in [5, 5.41) is 9.68. The van der Waals surface area contributed by atoms with Crippen LogP contribution in [0.25, 0.3) is 0 Å². The molecular weight excluding hydrogens is 219 g/mol. The highest BCUT2D eigenvalue weighted by molar-refractivity contribution is 5.13. The van der Waals surface area contributed by atoms with Gasteiger partial charge in [0.2, 0.25) is 0 Å². The fourth-order valence-corrected chi connectivity index (χ4v) is 3.05. The molecule has 0 amide bonds. The Morgan fingerprint density at radius 1 is 0.867 bits per heavy atom. The van der Waals surface area contributed by atoms with Crippen LogP contribution in [0.4, 0.5) is 22.0 Å². The smallest absolute Gasteiger partial charge is 0.383 e. The standard InChI is InChI=1S/C9H11F5O/c10-8(11,9(12,13)14)7(15)5-1-2-6(7)4-3-5/h5-6,15H,1-4H2. The van der Waals surface area contributed by atoms with Crippen molar-refractivity contribution in [2.45, 2.75) is 43.4 Å². The number of fused-ring (bicyclic) bond motifs is 2. The Balaban J connectivity index is 2.38. The summed E-state index contributed by atoms with van der Waals surface area (Å²) in [5.41, 5.74) is -2.86. The first-order valence-corrected chi connectivity index (χ1v) is 4.88. The summed E-state index contributed by atoms with van der Waals surface area (Å²) in [5.74, 6) is -6.79. The Labute approximate surface area is 83.3 Å². The first-order chi connectivity index (χ1) is 6.71. The van der Waals surface area contributed by atoms with Crippen LogP contribution >= 0.6 is 0 Å². The highest BCUT2D eigenvalue weighted by atomic mass is 19.4. The predicted molar refractivity (Wildman–Crippen MR) is 41.4 cm³/mol. The lowest BCUT2D eigenvalue weighted by Crippen LogP contribution is -2.59. The SMILES string of the molecule is OC1(C(F)(F)C(F)(F)F)C2CCC1CC2. The molecule has 2 aliphatic rings. The van der Waals surface area contributed by atoms with Crippen LogP contribution in [-0.2, 0) is 0 Å². The van der Waals surface area contributed by atoms with Gasteiger partial charge in [0.15, 0.2) is 0 Å². The lowest BCUT2D eigenvalue weighted by Gasteiger charge is -2.37. The minimum atomic E-state index is -5.66. The number of rotatable bonds is 1. The van der Waals surface area contributed by atoms with Gasteiger partial charge in [-0.15, -0.1) is 0 Å². The zero-order valence-corrected chi connectivity index (χ0v) is 7.82. The van der Waals surface area contributed by atoms with E-state index in [0.717, 1.165) is 0 Å². The second-order valence-corrected chi connectivity index (χ2v) is 4.45. The molecule has 2 aliphatic carbocycles. The predicted octanol–water partition coefficient (Wildman–Crippen LogP) is 2.74. The van der Waals surface area contributed by atoms with Gasteiger partial charge in [0.25, 0.3) is 0 Å². The normalized spacial score (nSPS) is 41.2. The lowest BCUT2D eigenvalue weighted by molar-refractivity contribution is -0.351. The van der Waals surface area contributed by atoms with Crippen molar-refractivity contribution in [3.63, 3.8) is 0 Å². The molecule has 6 heteroatoms. The summed E-state index contributed by atoms with van der Waals surface area (Å²) in [6.07, 6.45) is -4.58. The molecule has 2 bridgehead atoms. The van der Waals surface area contributed by atoms with Crippen LogP contribution in [0.5, 0.6) is 0 Å². The van der Waals surface area contributed by atoms with Crippen molar-refractivity contribution >= 4 is 0 Å². The molecule has 1 nitrogen and oxygen atoms in total. The van der Waals surface area contributed by atoms with E-state index in [1.165, 1.54) is 0 Å². The molecule has 2 saturated carbocycles. The van der Waals surface area contributed by atoms with Crippen LogP contribution in [0.1, 0.15) is 25.7 Å². The molecule has 88 valence electrons. The van der Waals surface area contributed by atoms with E-state index in [4.69, 9.17) is 0 Å². The van der Waals surface area contributed by atoms with E-state index >= 15 is 0 Å². The van der Waals surface area contributed by atoms with Gasteiger partial charge in [0.05, 0.1) is 0 Å². The molecule has 0 unspecified atom stereocenters. The van der Waals surface area contributed by atoms with E-state index in [1.54, 1.807) is 0 Å². The number of hydrogen-bond donors (Lipinski definition) is 1. The van der Waals surface area contributed by atoms with E-state index in [1.807, 2.05) is 0 Å². The van der Waals surface area contributed by atoms with Gasteiger partial charge in [-0.05, 0) is 37.5 Å². The Hall–Kier alpha value is -0.390. The first kappa shape index (κ1) is 11.1. The van der Waals surface area contributed by atoms with Crippen molar-refractivity contribution in [3.05, 3.63) is 0 Å². The van der Waals surface area contributed by atoms with Crippen molar-refractivity contribution in [3.8, 4) is 0 Å². The summed E-state index contributed by atoms with van der Waals surface area (Å²) in [6, 6.07) is 0. The molecule has 0 saturated heterocycles. The maximum atomic E-state index is 13.2. The lowest BCUT2D eigenvalue weighted by atomic mass is 9.84. The van der Waals surface area contributed by atoms with Crippen LogP contribution < -0.4 is 0 Å². The van der Waals surface area contributed by atoms with E-state index in [-0.39, 0.29) is 25.7 Å². The molecule has 1 N–H and O–H groups in total. The molecule has 0 aromatic rings. The van der Waals surface area contributed by atoms with E-state index in [2.05, 4.69) is 0 Å². The minimum absolute atomic E-state index is 0.271. The summed E-state index contributed by atoms with van der Waals surface area (Å²) < 4.78 is 63.0. The van der Waals surface area contributed by atoms with E-state index in [9.17, 15) is 27.1 Å². The zero-order valence-electron chi connectivity index (χ0n) is 7.82. The van der Waals surface area contributed by atoms with Crippen molar-refractivity contribution < 1.29 is 27.1 Å². The van der Waals surface area contributed by atoms with Gasteiger partial charge in [-0.3, -0.25) is 0 Å². The van der Waals surface area contributed by atoms with Crippen molar-refractivity contribution in [2.24, 2.45) is 11.8 Å². The molecule has 0 aliphatic heterocycles. The third kappa shape index (κ3) is 1.17. The Bertz CT molecular complexity index is 252. The largest absolute Gasteiger partial charge is 0.456 e. The highest BCUT2D eigenvalue weighted by Gasteiger charge is 2.76. The topological polar surface area (TPSA) is 20.2 Å². The maximum Gasteiger partial charge on any atom is 0.456 e. The molecule has 15 heavy (non-hydrogen) atoms. The van der Waals surface area contributed by atoms with Gasteiger partial charge in [0, 0.05) is 0 Å². The van der Waals surface area contributed by atoms with E-state index in [0.29, 0.717) is 0 Å². The molecular formula is C9H11F5O. The number of halogens is 5. The van der Waals surface area contributed by atoms with Crippen LogP contribution in [0.15, 0.2) is 0 Å². The van der Waals surface area contributed by atoms with Crippen molar-refractivity contribution in [1.82, 2.24) is 0 Å². The second-order valence-electron chi connectivity index (χ2n) is 4.45. The van der Waals surface area contributed by atoms with Crippen LogP contribution in [0, 0.1) is 11.8 Å². The Morgan fingerprint density at radius 3 is 1.47 bits per heavy atom. The van der Waals surface area contributed by atoms with Crippen molar-refractivity contribution in [2.75, 3.05) is 0 Å². The van der Waals surface area contributed by atoms with E-state index < -0.39 is 29.5 Å². The molecule has 0 radical (unpaired) electrons.